The van der Waals surface area contributed by atoms with Gasteiger partial charge in [0, 0.05) is 32.2 Å². The predicted octanol–water partition coefficient (Wildman–Crippen LogP) is 2.98. The molecule has 0 N–H and O–H groups in total. The lowest BCUT2D eigenvalue weighted by Crippen LogP contribution is -2.36. The second-order valence-electron chi connectivity index (χ2n) is 7.37. The number of ether oxygens (including phenoxy) is 4. The summed E-state index contributed by atoms with van der Waals surface area (Å²) in [5.74, 6) is 2.67. The predicted molar refractivity (Wildman–Crippen MR) is 101 cm³/mol. The van der Waals surface area contributed by atoms with E-state index in [-0.39, 0.29) is 12.9 Å². The number of amides is 1. The normalized spacial score (nSPS) is 17.1. The summed E-state index contributed by atoms with van der Waals surface area (Å²) in [5.41, 5.74) is 0. The SMILES string of the molecule is CC(C)COC(=O)N1CCCN(CCCOc2ccc3c(c2)OCO3)CC1. The first-order chi connectivity index (χ1) is 13.1. The van der Waals surface area contributed by atoms with Gasteiger partial charge < -0.3 is 28.7 Å². The maximum atomic E-state index is 12.1. The van der Waals surface area contributed by atoms with Crippen molar-refractivity contribution in [2.45, 2.75) is 26.7 Å². The Labute approximate surface area is 161 Å². The molecule has 0 saturated carbocycles. The van der Waals surface area contributed by atoms with Crippen LogP contribution in [0.3, 0.4) is 0 Å². The minimum Gasteiger partial charge on any atom is -0.493 e. The lowest BCUT2D eigenvalue weighted by molar-refractivity contribution is 0.0930. The molecule has 0 spiro atoms. The molecule has 0 aromatic heterocycles. The fraction of sp³-hybridized carbons (Fsp3) is 0.650. The fourth-order valence-corrected chi connectivity index (χ4v) is 3.15. The third-order valence-corrected chi connectivity index (χ3v) is 4.62. The molecule has 1 aromatic rings. The minimum absolute atomic E-state index is 0.184. The molecule has 1 aromatic carbocycles. The van der Waals surface area contributed by atoms with Crippen LogP contribution in [-0.2, 0) is 4.74 Å². The summed E-state index contributed by atoms with van der Waals surface area (Å²) in [5, 5.41) is 0. The third kappa shape index (κ3) is 5.92. The number of hydrogen-bond donors (Lipinski definition) is 0. The summed E-state index contributed by atoms with van der Waals surface area (Å²) in [7, 11) is 0. The number of hydrogen-bond acceptors (Lipinski definition) is 6. The number of rotatable bonds is 7. The van der Waals surface area contributed by atoms with Crippen molar-refractivity contribution in [1.82, 2.24) is 9.80 Å². The number of fused-ring (bicyclic) bond motifs is 1. The van der Waals surface area contributed by atoms with Gasteiger partial charge in [-0.25, -0.2) is 4.79 Å². The zero-order chi connectivity index (χ0) is 19.1. The molecule has 0 radical (unpaired) electrons. The van der Waals surface area contributed by atoms with Crippen LogP contribution in [0.5, 0.6) is 17.2 Å². The van der Waals surface area contributed by atoms with Crippen molar-refractivity contribution in [1.29, 1.82) is 0 Å². The average Bonchev–Trinajstić information content (AvgIpc) is 3.00. The van der Waals surface area contributed by atoms with Crippen LogP contribution in [0.15, 0.2) is 18.2 Å². The Balaban J connectivity index is 1.34. The van der Waals surface area contributed by atoms with E-state index in [1.54, 1.807) is 0 Å². The largest absolute Gasteiger partial charge is 0.493 e. The van der Waals surface area contributed by atoms with Gasteiger partial charge in [-0.3, -0.25) is 0 Å². The highest BCUT2D eigenvalue weighted by atomic mass is 16.7. The molecule has 2 aliphatic heterocycles. The van der Waals surface area contributed by atoms with Crippen LogP contribution in [0, 0.1) is 5.92 Å². The lowest BCUT2D eigenvalue weighted by Gasteiger charge is -2.22. The zero-order valence-electron chi connectivity index (χ0n) is 16.3. The molecule has 3 rings (SSSR count). The zero-order valence-corrected chi connectivity index (χ0v) is 16.3. The van der Waals surface area contributed by atoms with Gasteiger partial charge in [-0.1, -0.05) is 13.8 Å². The second-order valence-corrected chi connectivity index (χ2v) is 7.37. The Bertz CT molecular complexity index is 622. The number of benzene rings is 1. The Kier molecular flexibility index (Phi) is 7.04. The molecule has 2 heterocycles. The maximum absolute atomic E-state index is 12.1. The molecule has 0 unspecified atom stereocenters. The molecule has 0 aliphatic carbocycles. The van der Waals surface area contributed by atoms with Gasteiger partial charge >= 0.3 is 6.09 Å². The lowest BCUT2D eigenvalue weighted by atomic mass is 10.2. The maximum Gasteiger partial charge on any atom is 0.409 e. The highest BCUT2D eigenvalue weighted by molar-refractivity contribution is 5.67. The summed E-state index contributed by atoms with van der Waals surface area (Å²) in [4.78, 5) is 16.3. The van der Waals surface area contributed by atoms with E-state index in [9.17, 15) is 4.79 Å². The highest BCUT2D eigenvalue weighted by Gasteiger charge is 2.20. The van der Waals surface area contributed by atoms with Gasteiger partial charge in [0.2, 0.25) is 6.79 Å². The molecule has 7 nitrogen and oxygen atoms in total. The van der Waals surface area contributed by atoms with Crippen LogP contribution in [0.25, 0.3) is 0 Å². The standard InChI is InChI=1S/C20H30N2O5/c1-16(2)14-25-20(23)22-9-3-7-21(10-11-22)8-4-12-24-17-5-6-18-19(13-17)27-15-26-18/h5-6,13,16H,3-4,7-12,14-15H2,1-2H3. The smallest absolute Gasteiger partial charge is 0.409 e. The van der Waals surface area contributed by atoms with Gasteiger partial charge in [0.1, 0.15) is 5.75 Å². The summed E-state index contributed by atoms with van der Waals surface area (Å²) in [6.07, 6.45) is 1.73. The van der Waals surface area contributed by atoms with Crippen molar-refractivity contribution in [3.05, 3.63) is 18.2 Å². The molecule has 150 valence electrons. The third-order valence-electron chi connectivity index (χ3n) is 4.62. The van der Waals surface area contributed by atoms with E-state index < -0.39 is 0 Å². The van der Waals surface area contributed by atoms with Crippen molar-refractivity contribution in [2.24, 2.45) is 5.92 Å². The van der Waals surface area contributed by atoms with Crippen LogP contribution in [0.2, 0.25) is 0 Å². The number of carbonyl (C=O) groups is 1. The molecular formula is C20H30N2O5. The van der Waals surface area contributed by atoms with E-state index in [1.807, 2.05) is 36.9 Å². The molecule has 1 fully saturated rings. The molecule has 2 aliphatic rings. The minimum atomic E-state index is -0.184. The Morgan fingerprint density at radius 2 is 2.00 bits per heavy atom. The van der Waals surface area contributed by atoms with E-state index >= 15 is 0 Å². The van der Waals surface area contributed by atoms with Gasteiger partial charge in [-0.15, -0.1) is 0 Å². The number of carbonyl (C=O) groups excluding carboxylic acids is 1. The topological polar surface area (TPSA) is 60.5 Å². The highest BCUT2D eigenvalue weighted by Crippen LogP contribution is 2.35. The van der Waals surface area contributed by atoms with Crippen molar-refractivity contribution in [3.8, 4) is 17.2 Å². The van der Waals surface area contributed by atoms with E-state index in [0.717, 1.165) is 62.8 Å². The Morgan fingerprint density at radius 3 is 2.85 bits per heavy atom. The molecule has 27 heavy (non-hydrogen) atoms. The Morgan fingerprint density at radius 1 is 1.15 bits per heavy atom. The van der Waals surface area contributed by atoms with Gasteiger partial charge in [0.25, 0.3) is 0 Å². The van der Waals surface area contributed by atoms with Crippen LogP contribution in [-0.4, -0.2) is 68.6 Å². The van der Waals surface area contributed by atoms with Crippen LogP contribution in [0.4, 0.5) is 4.79 Å². The first-order valence-electron chi connectivity index (χ1n) is 9.78. The molecule has 7 heteroatoms. The van der Waals surface area contributed by atoms with Crippen LogP contribution < -0.4 is 14.2 Å². The molecule has 0 atom stereocenters. The summed E-state index contributed by atoms with van der Waals surface area (Å²) in [6.45, 7) is 9.81. The van der Waals surface area contributed by atoms with Gasteiger partial charge in [0.15, 0.2) is 11.5 Å². The van der Waals surface area contributed by atoms with Crippen molar-refractivity contribution >= 4 is 6.09 Å². The Hall–Kier alpha value is -2.15. The van der Waals surface area contributed by atoms with Crippen molar-refractivity contribution in [2.75, 3.05) is 52.7 Å². The first kappa shape index (κ1) is 19.6. The molecular weight excluding hydrogens is 348 g/mol. The van der Waals surface area contributed by atoms with E-state index in [0.29, 0.717) is 19.1 Å². The summed E-state index contributed by atoms with van der Waals surface area (Å²) in [6, 6.07) is 5.65. The first-order valence-corrected chi connectivity index (χ1v) is 9.78. The molecule has 0 bridgehead atoms. The summed E-state index contributed by atoms with van der Waals surface area (Å²) < 4.78 is 21.8. The fourth-order valence-electron chi connectivity index (χ4n) is 3.15. The second kappa shape index (κ2) is 9.69. The van der Waals surface area contributed by atoms with Crippen molar-refractivity contribution < 1.29 is 23.7 Å². The van der Waals surface area contributed by atoms with Gasteiger partial charge in [0.05, 0.1) is 13.2 Å². The monoisotopic (exact) mass is 378 g/mol. The number of nitrogens with zero attached hydrogens (tertiary/aromatic N) is 2. The van der Waals surface area contributed by atoms with Gasteiger partial charge in [-0.2, -0.15) is 0 Å². The van der Waals surface area contributed by atoms with E-state index in [4.69, 9.17) is 18.9 Å². The average molecular weight is 378 g/mol. The quantitative estimate of drug-likeness (QED) is 0.680. The molecule has 1 saturated heterocycles. The van der Waals surface area contributed by atoms with Crippen LogP contribution in [0.1, 0.15) is 26.7 Å². The van der Waals surface area contributed by atoms with Crippen LogP contribution >= 0.6 is 0 Å². The molecule has 1 amide bonds. The van der Waals surface area contributed by atoms with E-state index in [2.05, 4.69) is 4.90 Å². The van der Waals surface area contributed by atoms with Crippen molar-refractivity contribution in [3.63, 3.8) is 0 Å². The van der Waals surface area contributed by atoms with Gasteiger partial charge in [-0.05, 0) is 37.4 Å². The summed E-state index contributed by atoms with van der Waals surface area (Å²) >= 11 is 0. The van der Waals surface area contributed by atoms with E-state index in [1.165, 1.54) is 0 Å².